The lowest BCUT2D eigenvalue weighted by Gasteiger charge is -2.38. The van der Waals surface area contributed by atoms with Crippen molar-refractivity contribution in [2.75, 3.05) is 23.5 Å². The molecule has 1 aliphatic rings. The third-order valence-electron chi connectivity index (χ3n) is 7.67. The van der Waals surface area contributed by atoms with Gasteiger partial charge in [-0.3, -0.25) is 9.78 Å². The predicted octanol–water partition coefficient (Wildman–Crippen LogP) is 7.63. The van der Waals surface area contributed by atoms with Crippen molar-refractivity contribution in [3.63, 3.8) is 0 Å². The van der Waals surface area contributed by atoms with E-state index in [0.717, 1.165) is 47.6 Å². The van der Waals surface area contributed by atoms with Gasteiger partial charge in [-0.15, -0.1) is 0 Å². The summed E-state index contributed by atoms with van der Waals surface area (Å²) in [6.45, 7) is 7.91. The topological polar surface area (TPSA) is 54.9 Å². The van der Waals surface area contributed by atoms with E-state index >= 15 is 0 Å². The number of nitrogens with zero attached hydrogens (tertiary/aromatic N) is 3. The summed E-state index contributed by atoms with van der Waals surface area (Å²) >= 11 is 6.26. The fraction of sp³-hybridized carbons (Fsp3) is 0.294. The molecular formula is C34H36ClN3O3. The van der Waals surface area contributed by atoms with E-state index in [1.54, 1.807) is 7.11 Å². The molecule has 2 unspecified atom stereocenters. The molecule has 2 heterocycles. The van der Waals surface area contributed by atoms with Gasteiger partial charge >= 0.3 is 0 Å². The summed E-state index contributed by atoms with van der Waals surface area (Å²) in [4.78, 5) is 22.2. The van der Waals surface area contributed by atoms with Crippen LogP contribution in [0.2, 0.25) is 5.02 Å². The van der Waals surface area contributed by atoms with Crippen molar-refractivity contribution in [1.29, 1.82) is 0 Å². The number of carbonyl (C=O) groups excluding carboxylic acids is 1. The number of methoxy groups -OCH3 is 1. The molecule has 41 heavy (non-hydrogen) atoms. The Labute approximate surface area is 247 Å². The maximum absolute atomic E-state index is 13.8. The maximum Gasteiger partial charge on any atom is 0.232 e. The van der Waals surface area contributed by atoms with Gasteiger partial charge in [0.1, 0.15) is 0 Å². The monoisotopic (exact) mass is 569 g/mol. The summed E-state index contributed by atoms with van der Waals surface area (Å²) in [7, 11) is 1.63. The van der Waals surface area contributed by atoms with Crippen molar-refractivity contribution in [2.45, 2.75) is 52.3 Å². The lowest BCUT2D eigenvalue weighted by atomic mass is 9.86. The fourth-order valence-corrected chi connectivity index (χ4v) is 5.42. The molecular weight excluding hydrogens is 534 g/mol. The minimum atomic E-state index is -0.348. The summed E-state index contributed by atoms with van der Waals surface area (Å²) in [5.41, 5.74) is 6.05. The molecule has 1 amide bonds. The van der Waals surface area contributed by atoms with Crippen LogP contribution in [0, 0.1) is 0 Å². The van der Waals surface area contributed by atoms with E-state index in [1.165, 1.54) is 5.56 Å². The molecule has 0 fully saturated rings. The first-order valence-electron chi connectivity index (χ1n) is 14.1. The average molecular weight is 570 g/mol. The van der Waals surface area contributed by atoms with Gasteiger partial charge in [0.05, 0.1) is 25.7 Å². The predicted molar refractivity (Wildman–Crippen MR) is 165 cm³/mol. The first-order chi connectivity index (χ1) is 19.9. The van der Waals surface area contributed by atoms with E-state index in [1.807, 2.05) is 84.9 Å². The highest BCUT2D eigenvalue weighted by molar-refractivity contribution is 6.30. The summed E-state index contributed by atoms with van der Waals surface area (Å²) in [5.74, 6) is 1.34. The van der Waals surface area contributed by atoms with E-state index in [-0.39, 0.29) is 24.5 Å². The quantitative estimate of drug-likeness (QED) is 0.196. The number of pyridine rings is 1. The van der Waals surface area contributed by atoms with Crippen molar-refractivity contribution in [1.82, 2.24) is 4.98 Å². The zero-order valence-corrected chi connectivity index (χ0v) is 24.8. The fourth-order valence-electron chi connectivity index (χ4n) is 5.29. The zero-order valence-electron chi connectivity index (χ0n) is 24.0. The molecule has 0 spiro atoms. The standard InChI is InChI=1S/C34H36ClN3O3/c1-5-23(3)41-32-21-30-26(19-31(32)40-4)20-33(39)38(34(30)25-7-9-27(35)10-8-25)29-13-11-28(12-14-29)37(6-2)22-24-15-17-36-18-16-24/h7-19,21,23,34H,5-6,20,22H2,1-4H3. The van der Waals surface area contributed by atoms with Gasteiger partial charge in [-0.05, 0) is 103 Å². The minimum absolute atomic E-state index is 0.0204. The van der Waals surface area contributed by atoms with Gasteiger partial charge in [0.2, 0.25) is 5.91 Å². The Balaban J connectivity index is 1.55. The van der Waals surface area contributed by atoms with Gasteiger partial charge in [0.15, 0.2) is 11.5 Å². The first-order valence-corrected chi connectivity index (χ1v) is 14.5. The van der Waals surface area contributed by atoms with Gasteiger partial charge in [-0.1, -0.05) is 30.7 Å². The van der Waals surface area contributed by atoms with Crippen molar-refractivity contribution >= 4 is 28.9 Å². The number of hydrogen-bond acceptors (Lipinski definition) is 5. The Morgan fingerprint density at radius 3 is 2.34 bits per heavy atom. The molecule has 0 radical (unpaired) electrons. The second-order valence-electron chi connectivity index (χ2n) is 10.3. The SMILES string of the molecule is CCC(C)Oc1cc2c(cc1OC)CC(=O)N(c1ccc(N(CC)Cc3ccncc3)cc1)C2c1ccc(Cl)cc1. The Bertz CT molecular complexity index is 1480. The molecule has 1 aromatic heterocycles. The largest absolute Gasteiger partial charge is 0.493 e. The minimum Gasteiger partial charge on any atom is -0.493 e. The number of carbonyl (C=O) groups is 1. The summed E-state index contributed by atoms with van der Waals surface area (Å²) < 4.78 is 11.9. The Morgan fingerprint density at radius 2 is 1.71 bits per heavy atom. The molecule has 5 rings (SSSR count). The smallest absolute Gasteiger partial charge is 0.232 e. The van der Waals surface area contributed by atoms with E-state index < -0.39 is 0 Å². The number of halogens is 1. The van der Waals surface area contributed by atoms with Crippen LogP contribution in [0.25, 0.3) is 0 Å². The van der Waals surface area contributed by atoms with Gasteiger partial charge in [-0.25, -0.2) is 0 Å². The van der Waals surface area contributed by atoms with E-state index in [0.29, 0.717) is 16.5 Å². The van der Waals surface area contributed by atoms with Gasteiger partial charge in [-0.2, -0.15) is 0 Å². The Kier molecular flexibility index (Phi) is 8.79. The van der Waals surface area contributed by atoms with Crippen LogP contribution in [0.15, 0.2) is 85.2 Å². The molecule has 6 nitrogen and oxygen atoms in total. The number of fused-ring (bicyclic) bond motifs is 1. The Hall–Kier alpha value is -4.03. The molecule has 1 aliphatic heterocycles. The highest BCUT2D eigenvalue weighted by Crippen LogP contribution is 2.44. The number of benzene rings is 3. The van der Waals surface area contributed by atoms with Crippen LogP contribution in [0.5, 0.6) is 11.5 Å². The third-order valence-corrected chi connectivity index (χ3v) is 7.93. The molecule has 0 aliphatic carbocycles. The number of anilines is 2. The van der Waals surface area contributed by atoms with Crippen molar-refractivity contribution in [3.8, 4) is 11.5 Å². The van der Waals surface area contributed by atoms with Crippen LogP contribution >= 0.6 is 11.6 Å². The van der Waals surface area contributed by atoms with Crippen molar-refractivity contribution in [2.24, 2.45) is 0 Å². The van der Waals surface area contributed by atoms with Crippen molar-refractivity contribution < 1.29 is 14.3 Å². The molecule has 0 saturated heterocycles. The second kappa shape index (κ2) is 12.6. The average Bonchev–Trinajstić information content (AvgIpc) is 3.00. The molecule has 4 aromatic rings. The summed E-state index contributed by atoms with van der Waals surface area (Å²) in [5, 5.41) is 0.649. The van der Waals surface area contributed by atoms with Crippen LogP contribution in [-0.2, 0) is 17.8 Å². The normalized spacial score (nSPS) is 15.3. The molecule has 7 heteroatoms. The second-order valence-corrected chi connectivity index (χ2v) is 10.8. The van der Waals surface area contributed by atoms with Crippen LogP contribution in [0.4, 0.5) is 11.4 Å². The first kappa shape index (κ1) is 28.5. The number of amides is 1. The van der Waals surface area contributed by atoms with E-state index in [9.17, 15) is 4.79 Å². The maximum atomic E-state index is 13.8. The number of rotatable bonds is 10. The van der Waals surface area contributed by atoms with Crippen LogP contribution in [0.1, 0.15) is 55.5 Å². The molecule has 3 aromatic carbocycles. The number of ether oxygens (including phenoxy) is 2. The number of hydrogen-bond donors (Lipinski definition) is 0. The van der Waals surface area contributed by atoms with Crippen LogP contribution in [0.3, 0.4) is 0 Å². The van der Waals surface area contributed by atoms with E-state index in [2.05, 4.69) is 35.9 Å². The molecule has 0 saturated carbocycles. The van der Waals surface area contributed by atoms with E-state index in [4.69, 9.17) is 21.1 Å². The third kappa shape index (κ3) is 6.18. The zero-order chi connectivity index (χ0) is 28.9. The highest BCUT2D eigenvalue weighted by atomic mass is 35.5. The molecule has 2 atom stereocenters. The summed E-state index contributed by atoms with van der Waals surface area (Å²) in [6.07, 6.45) is 4.80. The van der Waals surface area contributed by atoms with Crippen LogP contribution in [-0.4, -0.2) is 30.6 Å². The summed E-state index contributed by atoms with van der Waals surface area (Å²) in [6, 6.07) is 23.7. The molecule has 0 bridgehead atoms. The van der Waals surface area contributed by atoms with Gasteiger partial charge < -0.3 is 19.3 Å². The van der Waals surface area contributed by atoms with Gasteiger partial charge in [0.25, 0.3) is 0 Å². The van der Waals surface area contributed by atoms with Crippen LogP contribution < -0.4 is 19.3 Å². The number of aromatic nitrogens is 1. The highest BCUT2D eigenvalue weighted by Gasteiger charge is 2.36. The van der Waals surface area contributed by atoms with Gasteiger partial charge in [0, 0.05) is 41.9 Å². The van der Waals surface area contributed by atoms with Crippen molar-refractivity contribution in [3.05, 3.63) is 112 Å². The lowest BCUT2D eigenvalue weighted by molar-refractivity contribution is -0.118. The molecule has 0 N–H and O–H groups in total. The molecule has 212 valence electrons. The Morgan fingerprint density at radius 1 is 1.00 bits per heavy atom. The lowest BCUT2D eigenvalue weighted by Crippen LogP contribution is -2.41.